The van der Waals surface area contributed by atoms with Crippen LogP contribution in [0.1, 0.15) is 18.7 Å². The number of halogens is 1. The molecule has 8 heteroatoms. The number of ether oxygens (including phenoxy) is 1. The summed E-state index contributed by atoms with van der Waals surface area (Å²) in [5, 5.41) is 1.05. The monoisotopic (exact) mass is 445 g/mol. The lowest BCUT2D eigenvalue weighted by molar-refractivity contribution is 0.0955. The molecule has 0 spiro atoms. The smallest absolute Gasteiger partial charge is 0.265 e. The second-order valence-corrected chi connectivity index (χ2v) is 8.54. The molecule has 0 amide bonds. The first-order valence-corrected chi connectivity index (χ1v) is 11.0. The Balaban J connectivity index is 1.73. The highest BCUT2D eigenvalue weighted by molar-refractivity contribution is 6.30. The molecule has 0 saturated carbocycles. The van der Waals surface area contributed by atoms with Gasteiger partial charge in [0.25, 0.3) is 5.56 Å². The summed E-state index contributed by atoms with van der Waals surface area (Å²) in [4.78, 5) is 28.3. The van der Waals surface area contributed by atoms with Crippen LogP contribution in [0.25, 0.3) is 38.9 Å². The summed E-state index contributed by atoms with van der Waals surface area (Å²) in [6, 6.07) is 15.1. The first-order valence-electron chi connectivity index (χ1n) is 10.7. The molecule has 5 aromatic rings. The van der Waals surface area contributed by atoms with Gasteiger partial charge < -0.3 is 4.74 Å². The van der Waals surface area contributed by atoms with Crippen molar-refractivity contribution in [1.82, 2.24) is 24.1 Å². The Bertz CT molecular complexity index is 1570. The van der Waals surface area contributed by atoms with E-state index >= 15 is 0 Å². The van der Waals surface area contributed by atoms with E-state index in [2.05, 4.69) is 0 Å². The Morgan fingerprint density at radius 2 is 1.88 bits per heavy atom. The number of benzene rings is 2. The minimum atomic E-state index is -0.127. The van der Waals surface area contributed by atoms with Crippen molar-refractivity contribution in [3.05, 3.63) is 69.7 Å². The van der Waals surface area contributed by atoms with Gasteiger partial charge in [0, 0.05) is 11.6 Å². The number of hydrogen-bond donors (Lipinski definition) is 0. The van der Waals surface area contributed by atoms with Crippen molar-refractivity contribution >= 4 is 44.8 Å². The van der Waals surface area contributed by atoms with Gasteiger partial charge in [-0.3, -0.25) is 13.9 Å². The van der Waals surface area contributed by atoms with Crippen molar-refractivity contribution in [1.29, 1.82) is 0 Å². The maximum atomic E-state index is 13.8. The fourth-order valence-electron chi connectivity index (χ4n) is 4.50. The van der Waals surface area contributed by atoms with E-state index in [1.807, 2.05) is 60.0 Å². The summed E-state index contributed by atoms with van der Waals surface area (Å²) in [7, 11) is 0. The van der Waals surface area contributed by atoms with E-state index in [-0.39, 0.29) is 11.7 Å². The molecule has 1 atom stereocenters. The first kappa shape index (κ1) is 19.4. The summed E-state index contributed by atoms with van der Waals surface area (Å²) < 4.78 is 9.36. The van der Waals surface area contributed by atoms with Crippen molar-refractivity contribution < 1.29 is 4.74 Å². The van der Waals surface area contributed by atoms with Gasteiger partial charge in [-0.1, -0.05) is 29.8 Å². The fourth-order valence-corrected chi connectivity index (χ4v) is 4.68. The molecule has 0 aliphatic carbocycles. The highest BCUT2D eigenvalue weighted by Crippen LogP contribution is 2.29. The Morgan fingerprint density at radius 1 is 1.06 bits per heavy atom. The molecule has 1 saturated heterocycles. The molecule has 0 bridgehead atoms. The van der Waals surface area contributed by atoms with Crippen molar-refractivity contribution in [3.8, 4) is 5.69 Å². The number of aromatic nitrogens is 5. The van der Waals surface area contributed by atoms with E-state index in [1.54, 1.807) is 4.57 Å². The zero-order chi connectivity index (χ0) is 21.8. The number of aryl methyl sites for hydroxylation is 1. The van der Waals surface area contributed by atoms with Crippen LogP contribution in [0.4, 0.5) is 0 Å². The lowest BCUT2D eigenvalue weighted by Crippen LogP contribution is -2.29. The molecule has 2 aromatic carbocycles. The van der Waals surface area contributed by atoms with Crippen molar-refractivity contribution in [2.24, 2.45) is 0 Å². The van der Waals surface area contributed by atoms with E-state index < -0.39 is 0 Å². The van der Waals surface area contributed by atoms with Gasteiger partial charge >= 0.3 is 0 Å². The first-order chi connectivity index (χ1) is 15.6. The van der Waals surface area contributed by atoms with Crippen LogP contribution in [-0.2, 0) is 11.3 Å². The number of nitrogens with zero attached hydrogens (tertiary/aromatic N) is 5. The predicted octanol–water partition coefficient (Wildman–Crippen LogP) is 4.42. The molecule has 4 heterocycles. The van der Waals surface area contributed by atoms with Crippen LogP contribution in [-0.4, -0.2) is 36.8 Å². The topological polar surface area (TPSA) is 74.8 Å². The van der Waals surface area contributed by atoms with Crippen molar-refractivity contribution in [2.75, 3.05) is 6.61 Å². The average Bonchev–Trinajstić information content (AvgIpc) is 3.40. The Kier molecular flexibility index (Phi) is 4.48. The molecule has 1 fully saturated rings. The third-order valence-electron chi connectivity index (χ3n) is 6.03. The minimum Gasteiger partial charge on any atom is -0.376 e. The Labute approximate surface area is 188 Å². The zero-order valence-corrected chi connectivity index (χ0v) is 18.2. The van der Waals surface area contributed by atoms with Crippen LogP contribution in [0.5, 0.6) is 0 Å². The molecule has 0 unspecified atom stereocenters. The highest BCUT2D eigenvalue weighted by atomic mass is 35.5. The molecule has 32 heavy (non-hydrogen) atoms. The standard InChI is InChI=1S/C24H20ClN5O2/c1-14-26-22-20(24(31)29(14)13-17-8-5-11-32-17)21-23(28-19-10-3-2-9-18(19)27-21)30(22)16-7-4-6-15(25)12-16/h2-4,6-7,9-10,12,17H,5,8,11,13H2,1H3/t17-/m0/s1. The van der Waals surface area contributed by atoms with Gasteiger partial charge in [-0.25, -0.2) is 15.0 Å². The molecule has 0 N–H and O–H groups in total. The third kappa shape index (κ3) is 3.00. The van der Waals surface area contributed by atoms with E-state index in [9.17, 15) is 4.79 Å². The van der Waals surface area contributed by atoms with Gasteiger partial charge in [-0.2, -0.15) is 0 Å². The maximum Gasteiger partial charge on any atom is 0.265 e. The summed E-state index contributed by atoms with van der Waals surface area (Å²) >= 11 is 6.29. The number of fused-ring (bicyclic) bond motifs is 4. The van der Waals surface area contributed by atoms with Gasteiger partial charge in [-0.05, 0) is 50.1 Å². The van der Waals surface area contributed by atoms with E-state index in [4.69, 9.17) is 31.3 Å². The molecule has 7 nitrogen and oxygen atoms in total. The van der Waals surface area contributed by atoms with Crippen molar-refractivity contribution in [3.63, 3.8) is 0 Å². The number of rotatable bonds is 3. The SMILES string of the molecule is Cc1nc2c(c(=O)n1C[C@@H]1CCCO1)c1nc3ccccc3nc1n2-c1cccc(Cl)c1. The summed E-state index contributed by atoms with van der Waals surface area (Å²) in [6.07, 6.45) is 1.98. The second kappa shape index (κ2) is 7.39. The molecule has 1 aliphatic heterocycles. The molecule has 6 rings (SSSR count). The van der Waals surface area contributed by atoms with E-state index in [1.165, 1.54) is 0 Å². The van der Waals surface area contributed by atoms with Crippen LogP contribution in [0.3, 0.4) is 0 Å². The normalized spacial score (nSPS) is 16.5. The van der Waals surface area contributed by atoms with E-state index in [0.29, 0.717) is 39.6 Å². The Hall–Kier alpha value is -3.29. The molecule has 1 aliphatic rings. The summed E-state index contributed by atoms with van der Waals surface area (Å²) in [6.45, 7) is 3.07. The zero-order valence-electron chi connectivity index (χ0n) is 17.5. The van der Waals surface area contributed by atoms with Gasteiger partial charge in [0.05, 0.1) is 29.4 Å². The largest absolute Gasteiger partial charge is 0.376 e. The summed E-state index contributed by atoms with van der Waals surface area (Å²) in [5.74, 6) is 0.633. The van der Waals surface area contributed by atoms with Gasteiger partial charge in [0.15, 0.2) is 11.3 Å². The minimum absolute atomic E-state index is 0.0267. The van der Waals surface area contributed by atoms with Crippen LogP contribution >= 0.6 is 11.6 Å². The lowest BCUT2D eigenvalue weighted by Gasteiger charge is -2.14. The van der Waals surface area contributed by atoms with Crippen LogP contribution in [0, 0.1) is 6.92 Å². The van der Waals surface area contributed by atoms with Crippen molar-refractivity contribution in [2.45, 2.75) is 32.4 Å². The third-order valence-corrected chi connectivity index (χ3v) is 6.27. The summed E-state index contributed by atoms with van der Waals surface area (Å²) in [5.41, 5.74) is 3.79. The predicted molar refractivity (Wildman–Crippen MR) is 125 cm³/mol. The second-order valence-electron chi connectivity index (χ2n) is 8.11. The molecule has 3 aromatic heterocycles. The number of para-hydroxylation sites is 2. The van der Waals surface area contributed by atoms with Crippen LogP contribution in [0.15, 0.2) is 53.3 Å². The molecular weight excluding hydrogens is 426 g/mol. The van der Waals surface area contributed by atoms with Gasteiger partial charge in [0.2, 0.25) is 0 Å². The Morgan fingerprint density at radius 3 is 2.62 bits per heavy atom. The maximum absolute atomic E-state index is 13.8. The van der Waals surface area contributed by atoms with Gasteiger partial charge in [-0.15, -0.1) is 0 Å². The fraction of sp³-hybridized carbons (Fsp3) is 0.250. The highest BCUT2D eigenvalue weighted by Gasteiger charge is 2.24. The van der Waals surface area contributed by atoms with E-state index in [0.717, 1.165) is 36.2 Å². The van der Waals surface area contributed by atoms with Gasteiger partial charge in [0.1, 0.15) is 16.7 Å². The molecular formula is C24H20ClN5O2. The molecule has 0 radical (unpaired) electrons. The molecule has 160 valence electrons. The quantitative estimate of drug-likeness (QED) is 0.411. The number of hydrogen-bond acceptors (Lipinski definition) is 5. The average molecular weight is 446 g/mol. The van der Waals surface area contributed by atoms with Crippen LogP contribution in [0.2, 0.25) is 5.02 Å². The van der Waals surface area contributed by atoms with Crippen LogP contribution < -0.4 is 5.56 Å². The lowest BCUT2D eigenvalue weighted by atomic mass is 10.2.